The number of ether oxygens (including phenoxy) is 1. The van der Waals surface area contributed by atoms with Crippen LogP contribution < -0.4 is 0 Å². The van der Waals surface area contributed by atoms with Gasteiger partial charge in [-0.2, -0.15) is 0 Å². The summed E-state index contributed by atoms with van der Waals surface area (Å²) in [5.74, 6) is -0.711. The highest BCUT2D eigenvalue weighted by atomic mass is 32.2. The van der Waals surface area contributed by atoms with Crippen LogP contribution in [0.1, 0.15) is 51.7 Å². The second-order valence-corrected chi connectivity index (χ2v) is 10.5. The van der Waals surface area contributed by atoms with Crippen molar-refractivity contribution in [1.82, 2.24) is 4.90 Å². The smallest absolute Gasteiger partial charge is 0.411 e. The molecule has 5 nitrogen and oxygen atoms in total. The van der Waals surface area contributed by atoms with Gasteiger partial charge in [-0.15, -0.1) is 0 Å². The van der Waals surface area contributed by atoms with Crippen LogP contribution in [0, 0.1) is 6.92 Å². The van der Waals surface area contributed by atoms with Crippen LogP contribution in [0.2, 0.25) is 0 Å². The SMILES string of the molecule is C=C(C)[C@H](c1ccccc1)[C@H](OC(=O)N(C(C)C)C(C)C)S(=O)(=O)c1ccc(C)cc1. The molecule has 0 radical (unpaired) electrons. The first kappa shape index (κ1) is 24.7. The lowest BCUT2D eigenvalue weighted by atomic mass is 9.93. The van der Waals surface area contributed by atoms with Gasteiger partial charge in [0.25, 0.3) is 0 Å². The van der Waals surface area contributed by atoms with Crippen molar-refractivity contribution in [3.63, 3.8) is 0 Å². The Hall–Kier alpha value is -2.60. The summed E-state index contributed by atoms with van der Waals surface area (Å²) in [6, 6.07) is 15.5. The Morgan fingerprint density at radius 2 is 1.45 bits per heavy atom. The largest absolute Gasteiger partial charge is 0.428 e. The maximum absolute atomic E-state index is 13.7. The highest BCUT2D eigenvalue weighted by Gasteiger charge is 2.41. The average molecular weight is 444 g/mol. The average Bonchev–Trinajstić information content (AvgIpc) is 2.67. The molecule has 2 rings (SSSR count). The van der Waals surface area contributed by atoms with E-state index in [4.69, 9.17) is 4.74 Å². The van der Waals surface area contributed by atoms with Gasteiger partial charge in [0, 0.05) is 12.1 Å². The molecule has 2 aromatic rings. The predicted molar refractivity (Wildman–Crippen MR) is 125 cm³/mol. The summed E-state index contributed by atoms with van der Waals surface area (Å²) in [5.41, 5.74) is 0.824. The van der Waals surface area contributed by atoms with Crippen molar-refractivity contribution in [2.24, 2.45) is 0 Å². The minimum Gasteiger partial charge on any atom is -0.428 e. The van der Waals surface area contributed by atoms with E-state index in [-0.39, 0.29) is 17.0 Å². The Kier molecular flexibility index (Phi) is 8.07. The lowest BCUT2D eigenvalue weighted by molar-refractivity contribution is 0.0641. The zero-order chi connectivity index (χ0) is 23.3. The minimum absolute atomic E-state index is 0.110. The van der Waals surface area contributed by atoms with Gasteiger partial charge in [0.2, 0.25) is 15.3 Å². The zero-order valence-corrected chi connectivity index (χ0v) is 20.0. The Labute approximate surface area is 186 Å². The molecule has 168 valence electrons. The highest BCUT2D eigenvalue weighted by Crippen LogP contribution is 2.35. The van der Waals surface area contributed by atoms with Gasteiger partial charge in [-0.25, -0.2) is 13.2 Å². The van der Waals surface area contributed by atoms with Crippen molar-refractivity contribution >= 4 is 15.9 Å². The second kappa shape index (κ2) is 10.1. The first-order chi connectivity index (χ1) is 14.5. The van der Waals surface area contributed by atoms with E-state index in [1.165, 1.54) is 4.90 Å². The summed E-state index contributed by atoms with van der Waals surface area (Å²) < 4.78 is 33.2. The van der Waals surface area contributed by atoms with Crippen LogP contribution in [-0.2, 0) is 14.6 Å². The van der Waals surface area contributed by atoms with Crippen molar-refractivity contribution in [2.75, 3.05) is 0 Å². The van der Waals surface area contributed by atoms with Crippen molar-refractivity contribution in [3.05, 3.63) is 77.9 Å². The molecule has 0 heterocycles. The molecule has 2 aromatic carbocycles. The summed E-state index contributed by atoms with van der Waals surface area (Å²) in [7, 11) is -4.02. The number of hydrogen-bond acceptors (Lipinski definition) is 4. The number of nitrogens with zero attached hydrogens (tertiary/aromatic N) is 1. The number of benzene rings is 2. The lowest BCUT2D eigenvalue weighted by Crippen LogP contribution is -2.46. The molecule has 0 aliphatic carbocycles. The molecule has 0 aliphatic heterocycles. The van der Waals surface area contributed by atoms with E-state index in [0.717, 1.165) is 11.1 Å². The van der Waals surface area contributed by atoms with Crippen LogP contribution in [0.5, 0.6) is 0 Å². The summed E-state index contributed by atoms with van der Waals surface area (Å²) in [5, 5.41) is 0. The summed E-state index contributed by atoms with van der Waals surface area (Å²) in [4.78, 5) is 14.8. The van der Waals surface area contributed by atoms with Crippen molar-refractivity contribution in [2.45, 2.75) is 69.9 Å². The first-order valence-electron chi connectivity index (χ1n) is 10.5. The van der Waals surface area contributed by atoms with Crippen LogP contribution in [-0.4, -0.2) is 36.9 Å². The molecule has 0 aliphatic rings. The molecular weight excluding hydrogens is 410 g/mol. The molecule has 0 saturated carbocycles. The van der Waals surface area contributed by atoms with Crippen LogP contribution in [0.25, 0.3) is 0 Å². The maximum atomic E-state index is 13.7. The molecule has 0 spiro atoms. The van der Waals surface area contributed by atoms with Crippen LogP contribution in [0.3, 0.4) is 0 Å². The monoisotopic (exact) mass is 443 g/mol. The summed E-state index contributed by atoms with van der Waals surface area (Å²) in [6.07, 6.45) is -0.659. The molecule has 31 heavy (non-hydrogen) atoms. The fourth-order valence-electron chi connectivity index (χ4n) is 3.69. The fourth-order valence-corrected chi connectivity index (χ4v) is 5.43. The molecule has 0 N–H and O–H groups in total. The predicted octanol–water partition coefficient (Wildman–Crippen LogP) is 5.71. The number of hydrogen-bond donors (Lipinski definition) is 0. The van der Waals surface area contributed by atoms with Gasteiger partial charge in [0.15, 0.2) is 0 Å². The van der Waals surface area contributed by atoms with E-state index in [1.54, 1.807) is 31.2 Å². The highest BCUT2D eigenvalue weighted by molar-refractivity contribution is 7.92. The normalized spacial score (nSPS) is 13.7. The van der Waals surface area contributed by atoms with Gasteiger partial charge in [-0.05, 0) is 59.2 Å². The van der Waals surface area contributed by atoms with Crippen LogP contribution in [0.15, 0.2) is 71.6 Å². The van der Waals surface area contributed by atoms with E-state index >= 15 is 0 Å². The van der Waals surface area contributed by atoms with Crippen LogP contribution >= 0.6 is 0 Å². The zero-order valence-electron chi connectivity index (χ0n) is 19.2. The van der Waals surface area contributed by atoms with E-state index in [2.05, 4.69) is 6.58 Å². The number of aryl methyl sites for hydroxylation is 1. The van der Waals surface area contributed by atoms with Gasteiger partial charge in [-0.3, -0.25) is 0 Å². The third kappa shape index (κ3) is 5.76. The molecule has 1 amide bonds. The number of carbonyl (C=O) groups is 1. The van der Waals surface area contributed by atoms with E-state index in [1.807, 2.05) is 65.0 Å². The molecule has 0 aromatic heterocycles. The van der Waals surface area contributed by atoms with Gasteiger partial charge < -0.3 is 9.64 Å². The number of amides is 1. The van der Waals surface area contributed by atoms with E-state index in [9.17, 15) is 13.2 Å². The first-order valence-corrected chi connectivity index (χ1v) is 12.0. The van der Waals surface area contributed by atoms with Gasteiger partial charge in [-0.1, -0.05) is 60.2 Å². The molecule has 0 fully saturated rings. The van der Waals surface area contributed by atoms with Crippen molar-refractivity contribution in [1.29, 1.82) is 0 Å². The van der Waals surface area contributed by atoms with E-state index in [0.29, 0.717) is 5.57 Å². The molecule has 2 atom stereocenters. The molecule has 0 unspecified atom stereocenters. The summed E-state index contributed by atoms with van der Waals surface area (Å²) in [6.45, 7) is 15.2. The third-order valence-electron chi connectivity index (χ3n) is 5.16. The van der Waals surface area contributed by atoms with Gasteiger partial charge >= 0.3 is 6.09 Å². The Morgan fingerprint density at radius 1 is 0.935 bits per heavy atom. The fraction of sp³-hybridized carbons (Fsp3) is 0.400. The minimum atomic E-state index is -4.02. The maximum Gasteiger partial charge on any atom is 0.411 e. The Balaban J connectivity index is 2.62. The number of carbonyl (C=O) groups excluding carboxylic acids is 1. The van der Waals surface area contributed by atoms with E-state index < -0.39 is 27.3 Å². The Bertz CT molecular complexity index is 988. The molecule has 0 bridgehead atoms. The second-order valence-electron chi connectivity index (χ2n) is 8.44. The number of sulfone groups is 1. The quantitative estimate of drug-likeness (QED) is 0.490. The van der Waals surface area contributed by atoms with Crippen molar-refractivity contribution in [3.8, 4) is 0 Å². The molecule has 0 saturated heterocycles. The third-order valence-corrected chi connectivity index (χ3v) is 7.07. The van der Waals surface area contributed by atoms with Crippen molar-refractivity contribution < 1.29 is 17.9 Å². The Morgan fingerprint density at radius 3 is 1.90 bits per heavy atom. The molecular formula is C25H33NO4S. The topological polar surface area (TPSA) is 63.7 Å². The lowest BCUT2D eigenvalue weighted by Gasteiger charge is -2.34. The summed E-state index contributed by atoms with van der Waals surface area (Å²) >= 11 is 0. The van der Waals surface area contributed by atoms with Gasteiger partial charge in [0.05, 0.1) is 10.8 Å². The van der Waals surface area contributed by atoms with Crippen LogP contribution in [0.4, 0.5) is 4.79 Å². The van der Waals surface area contributed by atoms with Gasteiger partial charge in [0.1, 0.15) is 0 Å². The standard InChI is InChI=1S/C25H33NO4S/c1-17(2)23(21-11-9-8-10-12-21)24(30-25(27)26(18(3)4)19(5)6)31(28,29)22-15-13-20(7)14-16-22/h8-16,18-19,23-24H,1H2,2-7H3/t23-,24-/m1/s1. The molecule has 6 heteroatoms. The number of rotatable bonds is 8.